The van der Waals surface area contributed by atoms with E-state index < -0.39 is 0 Å². The van der Waals surface area contributed by atoms with Crippen molar-refractivity contribution in [1.29, 1.82) is 5.26 Å². The minimum absolute atomic E-state index is 0.545. The highest BCUT2D eigenvalue weighted by molar-refractivity contribution is 8.01. The van der Waals surface area contributed by atoms with E-state index in [1.54, 1.807) is 29.4 Å². The van der Waals surface area contributed by atoms with Crippen LogP contribution in [0.15, 0.2) is 34.1 Å². The number of thioether (sulfide) groups is 1. The van der Waals surface area contributed by atoms with E-state index in [0.29, 0.717) is 17.9 Å². The predicted molar refractivity (Wildman–Crippen MR) is 67.3 cm³/mol. The fourth-order valence-corrected chi connectivity index (χ4v) is 2.57. The maximum Gasteiger partial charge on any atom is 0.174 e. The van der Waals surface area contributed by atoms with Gasteiger partial charge in [0, 0.05) is 5.75 Å². The van der Waals surface area contributed by atoms with Gasteiger partial charge in [0.25, 0.3) is 0 Å². The van der Waals surface area contributed by atoms with Crippen molar-refractivity contribution in [2.45, 2.75) is 4.34 Å². The quantitative estimate of drug-likeness (QED) is 0.613. The first-order chi connectivity index (χ1) is 8.40. The monoisotopic (exact) mass is 263 g/mol. The third-order valence-corrected chi connectivity index (χ3v) is 3.74. The topological polar surface area (TPSA) is 58.8 Å². The fourth-order valence-electron chi connectivity index (χ4n) is 1.19. The van der Waals surface area contributed by atoms with Crippen LogP contribution in [0.5, 0.6) is 5.75 Å². The van der Waals surface area contributed by atoms with Crippen LogP contribution in [0.1, 0.15) is 5.56 Å². The highest BCUT2D eigenvalue weighted by Gasteiger charge is 2.02. The zero-order valence-electron chi connectivity index (χ0n) is 8.87. The highest BCUT2D eigenvalue weighted by atomic mass is 32.2. The maximum atomic E-state index is 8.87. The molecule has 0 amide bonds. The minimum Gasteiger partial charge on any atom is -0.491 e. The zero-order chi connectivity index (χ0) is 11.9. The Bertz CT molecular complexity index is 508. The summed E-state index contributed by atoms with van der Waals surface area (Å²) in [6, 6.07) is 9.32. The van der Waals surface area contributed by atoms with Gasteiger partial charge in [-0.3, -0.25) is 0 Å². The van der Waals surface area contributed by atoms with Crippen molar-refractivity contribution in [2.24, 2.45) is 0 Å². The van der Waals surface area contributed by atoms with E-state index in [2.05, 4.69) is 16.3 Å². The molecular formula is C11H9N3OS2. The fraction of sp³-hybridized carbons (Fsp3) is 0.182. The SMILES string of the molecule is N#Cc1ccccc1OCCSc1nncs1. The van der Waals surface area contributed by atoms with E-state index in [-0.39, 0.29) is 0 Å². The number of ether oxygens (including phenoxy) is 1. The smallest absolute Gasteiger partial charge is 0.174 e. The number of hydrogen-bond acceptors (Lipinski definition) is 6. The predicted octanol–water partition coefficient (Wildman–Crippen LogP) is 2.58. The summed E-state index contributed by atoms with van der Waals surface area (Å²) in [7, 11) is 0. The highest BCUT2D eigenvalue weighted by Crippen LogP contribution is 2.20. The first-order valence-electron chi connectivity index (χ1n) is 4.91. The van der Waals surface area contributed by atoms with E-state index in [1.807, 2.05) is 12.1 Å². The lowest BCUT2D eigenvalue weighted by molar-refractivity contribution is 0.343. The molecule has 0 spiro atoms. The average molecular weight is 263 g/mol. The lowest BCUT2D eigenvalue weighted by Gasteiger charge is -2.06. The van der Waals surface area contributed by atoms with Crippen LogP contribution in [-0.4, -0.2) is 22.6 Å². The van der Waals surface area contributed by atoms with Gasteiger partial charge in [0.05, 0.1) is 12.2 Å². The second-order valence-electron chi connectivity index (χ2n) is 3.01. The number of benzene rings is 1. The van der Waals surface area contributed by atoms with Crippen molar-refractivity contribution in [1.82, 2.24) is 10.2 Å². The van der Waals surface area contributed by atoms with Crippen molar-refractivity contribution in [2.75, 3.05) is 12.4 Å². The summed E-state index contributed by atoms with van der Waals surface area (Å²) in [6.07, 6.45) is 0. The van der Waals surface area contributed by atoms with Gasteiger partial charge in [-0.25, -0.2) is 0 Å². The molecule has 0 N–H and O–H groups in total. The van der Waals surface area contributed by atoms with Crippen LogP contribution >= 0.6 is 23.1 Å². The molecule has 0 saturated carbocycles. The standard InChI is InChI=1S/C11H9N3OS2/c12-7-9-3-1-2-4-10(9)15-5-6-16-11-14-13-8-17-11/h1-4,8H,5-6H2. The van der Waals surface area contributed by atoms with Crippen molar-refractivity contribution in [3.63, 3.8) is 0 Å². The summed E-state index contributed by atoms with van der Waals surface area (Å²) in [5.41, 5.74) is 2.27. The summed E-state index contributed by atoms with van der Waals surface area (Å²) in [6.45, 7) is 0.545. The third kappa shape index (κ3) is 3.44. The molecule has 6 heteroatoms. The molecule has 0 aliphatic carbocycles. The van der Waals surface area contributed by atoms with E-state index in [4.69, 9.17) is 10.00 Å². The van der Waals surface area contributed by atoms with Gasteiger partial charge in [0.2, 0.25) is 0 Å². The van der Waals surface area contributed by atoms with Crippen LogP contribution in [-0.2, 0) is 0 Å². The van der Waals surface area contributed by atoms with Crippen molar-refractivity contribution >= 4 is 23.1 Å². The molecule has 0 atom stereocenters. The van der Waals surface area contributed by atoms with E-state index in [9.17, 15) is 0 Å². The molecule has 86 valence electrons. The Balaban J connectivity index is 1.80. The maximum absolute atomic E-state index is 8.87. The van der Waals surface area contributed by atoms with Gasteiger partial charge in [-0.05, 0) is 12.1 Å². The van der Waals surface area contributed by atoms with Gasteiger partial charge in [-0.1, -0.05) is 35.2 Å². The number of aromatic nitrogens is 2. The molecule has 0 aliphatic heterocycles. The first kappa shape index (κ1) is 11.9. The number of nitrogens with zero attached hydrogens (tertiary/aromatic N) is 3. The summed E-state index contributed by atoms with van der Waals surface area (Å²) in [5, 5.41) is 16.5. The Morgan fingerprint density at radius 2 is 2.29 bits per heavy atom. The van der Waals surface area contributed by atoms with Crippen LogP contribution in [0.2, 0.25) is 0 Å². The molecule has 2 aromatic rings. The van der Waals surface area contributed by atoms with Crippen LogP contribution in [0.25, 0.3) is 0 Å². The Labute approximate surface area is 107 Å². The van der Waals surface area contributed by atoms with Crippen LogP contribution in [0.4, 0.5) is 0 Å². The van der Waals surface area contributed by atoms with Gasteiger partial charge >= 0.3 is 0 Å². The molecule has 0 unspecified atom stereocenters. The Morgan fingerprint density at radius 3 is 3.06 bits per heavy atom. The van der Waals surface area contributed by atoms with Crippen molar-refractivity contribution in [3.8, 4) is 11.8 Å². The van der Waals surface area contributed by atoms with Crippen molar-refractivity contribution < 1.29 is 4.74 Å². The molecule has 0 aliphatic rings. The Hall–Kier alpha value is -1.58. The molecular weight excluding hydrogens is 254 g/mol. The third-order valence-electron chi connectivity index (χ3n) is 1.91. The molecule has 0 radical (unpaired) electrons. The summed E-state index contributed by atoms with van der Waals surface area (Å²) in [5.74, 6) is 1.42. The molecule has 1 heterocycles. The van der Waals surface area contributed by atoms with E-state index >= 15 is 0 Å². The number of hydrogen-bond donors (Lipinski definition) is 0. The first-order valence-corrected chi connectivity index (χ1v) is 6.77. The number of rotatable bonds is 5. The van der Waals surface area contributed by atoms with Crippen LogP contribution < -0.4 is 4.74 Å². The Kier molecular flexibility index (Phi) is 4.36. The largest absolute Gasteiger partial charge is 0.491 e. The van der Waals surface area contributed by atoms with Crippen LogP contribution in [0, 0.1) is 11.3 Å². The molecule has 1 aromatic carbocycles. The molecule has 4 nitrogen and oxygen atoms in total. The molecule has 0 saturated heterocycles. The normalized spacial score (nSPS) is 9.82. The molecule has 0 bridgehead atoms. The lowest BCUT2D eigenvalue weighted by atomic mass is 10.2. The van der Waals surface area contributed by atoms with E-state index in [1.165, 1.54) is 11.3 Å². The molecule has 1 aromatic heterocycles. The summed E-state index contributed by atoms with van der Waals surface area (Å²) in [4.78, 5) is 0. The second-order valence-corrected chi connectivity index (χ2v) is 5.18. The van der Waals surface area contributed by atoms with E-state index in [0.717, 1.165) is 10.1 Å². The molecule has 0 fully saturated rings. The number of nitriles is 1. The second kappa shape index (κ2) is 6.23. The van der Waals surface area contributed by atoms with Gasteiger partial charge in [-0.15, -0.1) is 10.2 Å². The van der Waals surface area contributed by atoms with Gasteiger partial charge in [0.1, 0.15) is 17.3 Å². The average Bonchev–Trinajstić information content (AvgIpc) is 2.88. The Morgan fingerprint density at radius 1 is 1.41 bits per heavy atom. The van der Waals surface area contributed by atoms with Gasteiger partial charge in [0.15, 0.2) is 4.34 Å². The number of para-hydroxylation sites is 1. The minimum atomic E-state index is 0.545. The van der Waals surface area contributed by atoms with Gasteiger partial charge in [-0.2, -0.15) is 5.26 Å². The summed E-state index contributed by atoms with van der Waals surface area (Å²) >= 11 is 3.11. The molecule has 2 rings (SSSR count). The van der Waals surface area contributed by atoms with Gasteiger partial charge < -0.3 is 4.74 Å². The molecule has 17 heavy (non-hydrogen) atoms. The van der Waals surface area contributed by atoms with Crippen molar-refractivity contribution in [3.05, 3.63) is 35.3 Å². The lowest BCUT2D eigenvalue weighted by Crippen LogP contribution is -2.01. The summed E-state index contributed by atoms with van der Waals surface area (Å²) < 4.78 is 6.47. The zero-order valence-corrected chi connectivity index (χ0v) is 10.5. The van der Waals surface area contributed by atoms with Crippen LogP contribution in [0.3, 0.4) is 0 Å².